The summed E-state index contributed by atoms with van der Waals surface area (Å²) in [6, 6.07) is 0. The smallest absolute Gasteiger partial charge is 0.00768 e. The first-order valence-electron chi connectivity index (χ1n) is 6.61. The van der Waals surface area contributed by atoms with Crippen LogP contribution in [0.25, 0.3) is 0 Å². The number of alkyl halides is 1. The normalized spacial score (nSPS) is 30.4. The summed E-state index contributed by atoms with van der Waals surface area (Å²) in [6.07, 6.45) is 1.41. The summed E-state index contributed by atoms with van der Waals surface area (Å²) in [6.45, 7) is 15.7. The second-order valence-electron chi connectivity index (χ2n) is 6.88. The fraction of sp³-hybridized carbons (Fsp3) is 1.00. The van der Waals surface area contributed by atoms with Gasteiger partial charge in [-0.3, -0.25) is 0 Å². The molecule has 0 radical (unpaired) electrons. The minimum Gasteiger partial charge on any atom is -0.302 e. The van der Waals surface area contributed by atoms with E-state index in [-0.39, 0.29) is 0 Å². The zero-order chi connectivity index (χ0) is 12.3. The molecule has 0 aromatic carbocycles. The lowest BCUT2D eigenvalue weighted by Crippen LogP contribution is -2.44. The molecule has 0 bridgehead atoms. The maximum atomic E-state index is 3.68. The Kier molecular flexibility index (Phi) is 5.31. The second-order valence-corrected chi connectivity index (χ2v) is 7.53. The molecule has 0 aromatic rings. The summed E-state index contributed by atoms with van der Waals surface area (Å²) in [4.78, 5) is 2.68. The molecule has 1 fully saturated rings. The van der Waals surface area contributed by atoms with Gasteiger partial charge in [0.25, 0.3) is 0 Å². The van der Waals surface area contributed by atoms with Crippen molar-refractivity contribution in [1.29, 1.82) is 0 Å². The standard InChI is InChI=1S/C14H28BrN/c1-11-6-12(2)9-16(8-11)10-13(7-15)14(3,4)5/h11-13H,6-10H2,1-5H3. The number of hydrogen-bond acceptors (Lipinski definition) is 1. The van der Waals surface area contributed by atoms with Gasteiger partial charge in [0.05, 0.1) is 0 Å². The molecule has 0 spiro atoms. The minimum absolute atomic E-state index is 0.410. The molecule has 96 valence electrons. The van der Waals surface area contributed by atoms with Crippen LogP contribution in [0.5, 0.6) is 0 Å². The van der Waals surface area contributed by atoms with E-state index in [4.69, 9.17) is 0 Å². The molecule has 0 N–H and O–H groups in total. The molecule has 0 aliphatic carbocycles. The molecule has 0 aromatic heterocycles. The summed E-state index contributed by atoms with van der Waals surface area (Å²) in [5.41, 5.74) is 0.410. The molecule has 1 saturated heterocycles. The van der Waals surface area contributed by atoms with Gasteiger partial charge in [-0.05, 0) is 29.6 Å². The van der Waals surface area contributed by atoms with E-state index >= 15 is 0 Å². The van der Waals surface area contributed by atoms with E-state index in [1.165, 1.54) is 26.1 Å². The van der Waals surface area contributed by atoms with Gasteiger partial charge in [0.15, 0.2) is 0 Å². The average molecular weight is 290 g/mol. The van der Waals surface area contributed by atoms with Crippen molar-refractivity contribution in [1.82, 2.24) is 4.90 Å². The monoisotopic (exact) mass is 289 g/mol. The van der Waals surface area contributed by atoms with Gasteiger partial charge in [-0.1, -0.05) is 50.5 Å². The Labute approximate surface area is 110 Å². The van der Waals surface area contributed by atoms with Crippen molar-refractivity contribution in [3.05, 3.63) is 0 Å². The van der Waals surface area contributed by atoms with Crippen LogP contribution in [0, 0.1) is 23.2 Å². The van der Waals surface area contributed by atoms with Crippen molar-refractivity contribution in [2.45, 2.75) is 41.0 Å². The molecule has 0 saturated carbocycles. The van der Waals surface area contributed by atoms with Crippen LogP contribution in [0.1, 0.15) is 41.0 Å². The predicted molar refractivity (Wildman–Crippen MR) is 76.1 cm³/mol. The van der Waals surface area contributed by atoms with Crippen molar-refractivity contribution in [3.63, 3.8) is 0 Å². The molecular formula is C14H28BrN. The predicted octanol–water partition coefficient (Wildman–Crippen LogP) is 4.02. The van der Waals surface area contributed by atoms with Crippen LogP contribution < -0.4 is 0 Å². The van der Waals surface area contributed by atoms with Crippen molar-refractivity contribution >= 4 is 15.9 Å². The van der Waals surface area contributed by atoms with Gasteiger partial charge >= 0.3 is 0 Å². The second kappa shape index (κ2) is 5.86. The number of likely N-dealkylation sites (tertiary alicyclic amines) is 1. The topological polar surface area (TPSA) is 3.24 Å². The Hall–Kier alpha value is 0.440. The molecule has 1 heterocycles. The van der Waals surface area contributed by atoms with Gasteiger partial charge in [0, 0.05) is 25.0 Å². The van der Waals surface area contributed by atoms with Crippen molar-refractivity contribution in [2.24, 2.45) is 23.2 Å². The Balaban J connectivity index is 2.51. The molecular weight excluding hydrogens is 262 g/mol. The molecule has 2 heteroatoms. The zero-order valence-electron chi connectivity index (χ0n) is 11.6. The maximum absolute atomic E-state index is 3.68. The highest BCUT2D eigenvalue weighted by molar-refractivity contribution is 9.09. The van der Waals surface area contributed by atoms with Crippen LogP contribution >= 0.6 is 15.9 Å². The fourth-order valence-corrected chi connectivity index (χ4v) is 3.98. The van der Waals surface area contributed by atoms with E-state index in [0.717, 1.165) is 23.1 Å². The van der Waals surface area contributed by atoms with Crippen molar-refractivity contribution < 1.29 is 0 Å². The highest BCUT2D eigenvalue weighted by atomic mass is 79.9. The third kappa shape index (κ3) is 4.37. The van der Waals surface area contributed by atoms with Gasteiger partial charge in [-0.15, -0.1) is 0 Å². The quantitative estimate of drug-likeness (QED) is 0.710. The summed E-state index contributed by atoms with van der Waals surface area (Å²) >= 11 is 3.68. The number of nitrogens with zero attached hydrogens (tertiary/aromatic N) is 1. The van der Waals surface area contributed by atoms with Gasteiger partial charge in [-0.2, -0.15) is 0 Å². The SMILES string of the molecule is CC1CC(C)CN(CC(CBr)C(C)(C)C)C1. The average Bonchev–Trinajstić information content (AvgIpc) is 2.10. The van der Waals surface area contributed by atoms with Crippen LogP contribution in [0.2, 0.25) is 0 Å². The third-order valence-corrected chi connectivity index (χ3v) is 4.62. The number of hydrogen-bond donors (Lipinski definition) is 0. The number of piperidine rings is 1. The summed E-state index contributed by atoms with van der Waals surface area (Å²) in [5, 5.41) is 1.12. The lowest BCUT2D eigenvalue weighted by atomic mass is 9.81. The van der Waals surface area contributed by atoms with Gasteiger partial charge in [0.2, 0.25) is 0 Å². The van der Waals surface area contributed by atoms with E-state index in [9.17, 15) is 0 Å². The fourth-order valence-electron chi connectivity index (χ4n) is 2.81. The van der Waals surface area contributed by atoms with Gasteiger partial charge in [0.1, 0.15) is 0 Å². The van der Waals surface area contributed by atoms with E-state index in [0.29, 0.717) is 5.41 Å². The third-order valence-electron chi connectivity index (χ3n) is 3.83. The molecule has 3 atom stereocenters. The largest absolute Gasteiger partial charge is 0.302 e. The molecule has 16 heavy (non-hydrogen) atoms. The van der Waals surface area contributed by atoms with E-state index in [2.05, 4.69) is 55.4 Å². The Bertz CT molecular complexity index is 199. The summed E-state index contributed by atoms with van der Waals surface area (Å²) < 4.78 is 0. The van der Waals surface area contributed by atoms with Crippen LogP contribution in [0.15, 0.2) is 0 Å². The Morgan fingerprint density at radius 1 is 1.19 bits per heavy atom. The van der Waals surface area contributed by atoms with Crippen LogP contribution in [0.4, 0.5) is 0 Å². The zero-order valence-corrected chi connectivity index (χ0v) is 13.2. The lowest BCUT2D eigenvalue weighted by Gasteiger charge is -2.40. The van der Waals surface area contributed by atoms with E-state index in [1.807, 2.05) is 0 Å². The van der Waals surface area contributed by atoms with Crippen LogP contribution in [-0.4, -0.2) is 29.9 Å². The van der Waals surface area contributed by atoms with Crippen LogP contribution in [-0.2, 0) is 0 Å². The first-order valence-corrected chi connectivity index (χ1v) is 7.73. The van der Waals surface area contributed by atoms with E-state index in [1.54, 1.807) is 0 Å². The Morgan fingerprint density at radius 2 is 1.69 bits per heavy atom. The molecule has 1 nitrogen and oxygen atoms in total. The summed E-state index contributed by atoms with van der Waals surface area (Å²) in [5.74, 6) is 2.50. The highest BCUT2D eigenvalue weighted by Gasteiger charge is 2.29. The highest BCUT2D eigenvalue weighted by Crippen LogP contribution is 2.30. The number of rotatable bonds is 3. The molecule has 3 unspecified atom stereocenters. The molecule has 1 rings (SSSR count). The molecule has 0 amide bonds. The minimum atomic E-state index is 0.410. The van der Waals surface area contributed by atoms with Crippen LogP contribution in [0.3, 0.4) is 0 Å². The van der Waals surface area contributed by atoms with Crippen molar-refractivity contribution in [3.8, 4) is 0 Å². The van der Waals surface area contributed by atoms with Crippen molar-refractivity contribution in [2.75, 3.05) is 25.0 Å². The summed E-state index contributed by atoms with van der Waals surface area (Å²) in [7, 11) is 0. The first kappa shape index (κ1) is 14.5. The number of halogens is 1. The van der Waals surface area contributed by atoms with Gasteiger partial charge in [-0.25, -0.2) is 0 Å². The maximum Gasteiger partial charge on any atom is 0.00768 e. The lowest BCUT2D eigenvalue weighted by molar-refractivity contribution is 0.0972. The first-order chi connectivity index (χ1) is 7.32. The molecule has 1 aliphatic heterocycles. The molecule has 1 aliphatic rings. The van der Waals surface area contributed by atoms with E-state index < -0.39 is 0 Å². The van der Waals surface area contributed by atoms with Gasteiger partial charge < -0.3 is 4.90 Å². The Morgan fingerprint density at radius 3 is 2.06 bits per heavy atom.